The largest absolute Gasteiger partial charge is 0.378 e. The lowest BCUT2D eigenvalue weighted by Crippen LogP contribution is -2.38. The Morgan fingerprint density at radius 1 is 1.35 bits per heavy atom. The summed E-state index contributed by atoms with van der Waals surface area (Å²) >= 11 is 5.59. The fourth-order valence-corrected chi connectivity index (χ4v) is 3.00. The standard InChI is InChI=1S/C16H24N2O3S2/c1-5-16(20)21-18(15(10-19)12(2)22)23-11-13-6-8-14(9-7-13)17(3)4/h6-10,12,15,22H,5,11H2,1-4H3. The zero-order chi connectivity index (χ0) is 17.4. The number of hydrogen-bond acceptors (Lipinski definition) is 7. The van der Waals surface area contributed by atoms with Gasteiger partial charge in [0.2, 0.25) is 0 Å². The van der Waals surface area contributed by atoms with Gasteiger partial charge in [0.25, 0.3) is 0 Å². The van der Waals surface area contributed by atoms with Crippen molar-refractivity contribution in [1.29, 1.82) is 0 Å². The van der Waals surface area contributed by atoms with Crippen molar-refractivity contribution in [2.24, 2.45) is 0 Å². The number of anilines is 1. The van der Waals surface area contributed by atoms with Gasteiger partial charge in [-0.1, -0.05) is 30.4 Å². The Bertz CT molecular complexity index is 507. The molecule has 5 nitrogen and oxygen atoms in total. The van der Waals surface area contributed by atoms with Crippen molar-refractivity contribution in [3.63, 3.8) is 0 Å². The first-order valence-electron chi connectivity index (χ1n) is 7.41. The zero-order valence-corrected chi connectivity index (χ0v) is 15.6. The summed E-state index contributed by atoms with van der Waals surface area (Å²) < 4.78 is 1.36. The summed E-state index contributed by atoms with van der Waals surface area (Å²) in [7, 11) is 3.97. The molecule has 0 saturated heterocycles. The minimum absolute atomic E-state index is 0.249. The molecule has 2 unspecified atom stereocenters. The molecule has 0 heterocycles. The third-order valence-corrected chi connectivity index (χ3v) is 4.51. The summed E-state index contributed by atoms with van der Waals surface area (Å²) in [5.74, 6) is 0.219. The summed E-state index contributed by atoms with van der Waals surface area (Å²) in [6, 6.07) is 7.48. The van der Waals surface area contributed by atoms with Crippen LogP contribution in [0, 0.1) is 0 Å². The van der Waals surface area contributed by atoms with Gasteiger partial charge in [0.1, 0.15) is 12.3 Å². The number of aldehydes is 1. The first kappa shape index (κ1) is 19.9. The predicted molar refractivity (Wildman–Crippen MR) is 98.6 cm³/mol. The molecule has 0 saturated carbocycles. The number of carbonyl (C=O) groups excluding carboxylic acids is 2. The fraction of sp³-hybridized carbons (Fsp3) is 0.500. The first-order chi connectivity index (χ1) is 10.9. The lowest BCUT2D eigenvalue weighted by atomic mass is 10.2. The predicted octanol–water partition coefficient (Wildman–Crippen LogP) is 2.96. The molecule has 0 spiro atoms. The highest BCUT2D eigenvalue weighted by Crippen LogP contribution is 2.24. The molecule has 23 heavy (non-hydrogen) atoms. The highest BCUT2D eigenvalue weighted by Gasteiger charge is 2.26. The number of hydrogen-bond donors (Lipinski definition) is 1. The van der Waals surface area contributed by atoms with E-state index in [-0.39, 0.29) is 17.6 Å². The lowest BCUT2D eigenvalue weighted by molar-refractivity contribution is -0.172. The molecule has 0 radical (unpaired) electrons. The van der Waals surface area contributed by atoms with Gasteiger partial charge < -0.3 is 14.5 Å². The third-order valence-electron chi connectivity index (χ3n) is 3.17. The molecular formula is C16H24N2O3S2. The second-order valence-electron chi connectivity index (χ2n) is 5.30. The van der Waals surface area contributed by atoms with Gasteiger partial charge in [-0.05, 0) is 29.6 Å². The summed E-state index contributed by atoms with van der Waals surface area (Å²) in [5.41, 5.74) is 2.19. The van der Waals surface area contributed by atoms with E-state index in [2.05, 4.69) is 12.6 Å². The van der Waals surface area contributed by atoms with Crippen molar-refractivity contribution in [2.75, 3.05) is 19.0 Å². The molecule has 0 N–H and O–H groups in total. The van der Waals surface area contributed by atoms with Crippen LogP contribution in [0.1, 0.15) is 25.8 Å². The number of rotatable bonds is 9. The van der Waals surface area contributed by atoms with Crippen molar-refractivity contribution in [3.05, 3.63) is 29.8 Å². The molecular weight excluding hydrogens is 332 g/mol. The normalized spacial score (nSPS) is 13.5. The van der Waals surface area contributed by atoms with Gasteiger partial charge in [0.15, 0.2) is 0 Å². The maximum atomic E-state index is 11.6. The first-order valence-corrected chi connectivity index (χ1v) is 8.87. The summed E-state index contributed by atoms with van der Waals surface area (Å²) in [4.78, 5) is 30.2. The molecule has 0 amide bonds. The van der Waals surface area contributed by atoms with Crippen LogP contribution in [-0.4, -0.2) is 42.1 Å². The molecule has 1 aromatic rings. The number of nitrogens with zero attached hydrogens (tertiary/aromatic N) is 2. The van der Waals surface area contributed by atoms with Crippen molar-refractivity contribution in [1.82, 2.24) is 4.47 Å². The molecule has 1 aromatic carbocycles. The van der Waals surface area contributed by atoms with E-state index in [9.17, 15) is 9.59 Å². The lowest BCUT2D eigenvalue weighted by Gasteiger charge is -2.27. The van der Waals surface area contributed by atoms with E-state index < -0.39 is 6.04 Å². The summed E-state index contributed by atoms with van der Waals surface area (Å²) in [6.45, 7) is 3.51. The monoisotopic (exact) mass is 356 g/mol. The Balaban J connectivity index is 2.76. The number of hydroxylamine groups is 1. The van der Waals surface area contributed by atoms with E-state index in [1.165, 1.54) is 16.4 Å². The minimum atomic E-state index is -0.597. The second-order valence-corrected chi connectivity index (χ2v) is 7.03. The van der Waals surface area contributed by atoms with Gasteiger partial charge in [0, 0.05) is 37.2 Å². The van der Waals surface area contributed by atoms with Crippen LogP contribution in [0.3, 0.4) is 0 Å². The molecule has 0 aromatic heterocycles. The Labute approximate surface area is 147 Å². The maximum Gasteiger partial charge on any atom is 0.326 e. The Kier molecular flexibility index (Phi) is 8.51. The van der Waals surface area contributed by atoms with Crippen molar-refractivity contribution >= 4 is 42.5 Å². The van der Waals surface area contributed by atoms with Crippen LogP contribution in [0.5, 0.6) is 0 Å². The smallest absolute Gasteiger partial charge is 0.326 e. The van der Waals surface area contributed by atoms with Gasteiger partial charge in [-0.25, -0.2) is 0 Å². The summed E-state index contributed by atoms with van der Waals surface area (Å²) in [5, 5.41) is -0.249. The zero-order valence-electron chi connectivity index (χ0n) is 13.9. The van der Waals surface area contributed by atoms with E-state index in [0.717, 1.165) is 17.5 Å². The van der Waals surface area contributed by atoms with Crippen molar-refractivity contribution < 1.29 is 14.4 Å². The number of benzene rings is 1. The molecule has 0 bridgehead atoms. The quantitative estimate of drug-likeness (QED) is 0.318. The highest BCUT2D eigenvalue weighted by molar-refractivity contribution is 7.96. The molecule has 0 aliphatic carbocycles. The van der Waals surface area contributed by atoms with Crippen molar-refractivity contribution in [2.45, 2.75) is 37.3 Å². The van der Waals surface area contributed by atoms with Crippen LogP contribution < -0.4 is 4.90 Å². The van der Waals surface area contributed by atoms with Crippen LogP contribution in [0.2, 0.25) is 0 Å². The van der Waals surface area contributed by atoms with Gasteiger partial charge >= 0.3 is 5.97 Å². The third kappa shape index (κ3) is 6.45. The average Bonchev–Trinajstić information content (AvgIpc) is 2.52. The van der Waals surface area contributed by atoms with Gasteiger partial charge in [-0.2, -0.15) is 12.6 Å². The fourth-order valence-electron chi connectivity index (χ4n) is 1.71. The second kappa shape index (κ2) is 9.85. The van der Waals surface area contributed by atoms with Gasteiger partial charge in [0.05, 0.1) is 0 Å². The van der Waals surface area contributed by atoms with Crippen LogP contribution in [0.4, 0.5) is 5.69 Å². The van der Waals surface area contributed by atoms with Crippen LogP contribution in [0.25, 0.3) is 0 Å². The van der Waals surface area contributed by atoms with Crippen LogP contribution in [-0.2, 0) is 20.2 Å². The SMILES string of the molecule is CCC(=O)ON(SCc1ccc(N(C)C)cc1)C(C=O)C(C)S. The highest BCUT2D eigenvalue weighted by atomic mass is 32.2. The molecule has 128 valence electrons. The Morgan fingerprint density at radius 2 is 1.96 bits per heavy atom. The number of thiol groups is 1. The maximum absolute atomic E-state index is 11.6. The molecule has 0 aliphatic rings. The van der Waals surface area contributed by atoms with E-state index in [4.69, 9.17) is 4.84 Å². The van der Waals surface area contributed by atoms with Crippen LogP contribution >= 0.6 is 24.6 Å². The van der Waals surface area contributed by atoms with Crippen molar-refractivity contribution in [3.8, 4) is 0 Å². The van der Waals surface area contributed by atoms with E-state index in [0.29, 0.717) is 5.75 Å². The molecule has 7 heteroatoms. The van der Waals surface area contributed by atoms with Gasteiger partial charge in [-0.15, -0.1) is 0 Å². The number of carbonyl (C=O) groups is 2. The molecule has 0 fully saturated rings. The Hall–Kier alpha value is -1.18. The van der Waals surface area contributed by atoms with E-state index in [1.807, 2.05) is 43.3 Å². The van der Waals surface area contributed by atoms with E-state index >= 15 is 0 Å². The molecule has 0 aliphatic heterocycles. The average molecular weight is 357 g/mol. The van der Waals surface area contributed by atoms with Gasteiger partial charge in [-0.3, -0.25) is 4.79 Å². The molecule has 2 atom stereocenters. The topological polar surface area (TPSA) is 49.9 Å². The van der Waals surface area contributed by atoms with E-state index in [1.54, 1.807) is 13.8 Å². The van der Waals surface area contributed by atoms with Crippen LogP contribution in [0.15, 0.2) is 24.3 Å². The molecule has 1 rings (SSSR count). The minimum Gasteiger partial charge on any atom is -0.378 e. The summed E-state index contributed by atoms with van der Waals surface area (Å²) in [6.07, 6.45) is 1.00. The Morgan fingerprint density at radius 3 is 2.39 bits per heavy atom.